The van der Waals surface area contributed by atoms with Crippen molar-refractivity contribution in [1.82, 2.24) is 9.55 Å². The Balaban J connectivity index is 1.90. The molecule has 1 aliphatic carbocycles. The first-order valence-electron chi connectivity index (χ1n) is 8.19. The van der Waals surface area contributed by atoms with Gasteiger partial charge in [0.05, 0.1) is 11.1 Å². The summed E-state index contributed by atoms with van der Waals surface area (Å²) in [6.07, 6.45) is 3.35. The number of primary amides is 1. The average Bonchev–Trinajstić information content (AvgIpc) is 3.16. The van der Waals surface area contributed by atoms with Crippen molar-refractivity contribution >= 4 is 39.2 Å². The molecule has 3 aromatic rings. The van der Waals surface area contributed by atoms with Gasteiger partial charge in [0.25, 0.3) is 5.56 Å². The SMILES string of the molecule is NC(=O)CCSc1nc2sc3c(c2c(=O)n1-c1ccccc1)CCC3. The van der Waals surface area contributed by atoms with E-state index in [1.165, 1.54) is 22.2 Å². The maximum atomic E-state index is 13.3. The first kappa shape index (κ1) is 16.4. The van der Waals surface area contributed by atoms with Crippen molar-refractivity contribution in [2.75, 3.05) is 5.75 Å². The van der Waals surface area contributed by atoms with E-state index in [1.54, 1.807) is 15.9 Å². The van der Waals surface area contributed by atoms with Gasteiger partial charge in [0, 0.05) is 17.1 Å². The van der Waals surface area contributed by atoms with Crippen LogP contribution in [0.5, 0.6) is 0 Å². The number of nitrogens with zero attached hydrogens (tertiary/aromatic N) is 2. The van der Waals surface area contributed by atoms with E-state index in [0.29, 0.717) is 10.9 Å². The van der Waals surface area contributed by atoms with Gasteiger partial charge in [-0.25, -0.2) is 4.98 Å². The van der Waals surface area contributed by atoms with Crippen LogP contribution in [0.4, 0.5) is 0 Å². The van der Waals surface area contributed by atoms with Gasteiger partial charge in [-0.3, -0.25) is 14.2 Å². The quantitative estimate of drug-likeness (QED) is 0.552. The molecule has 2 heterocycles. The molecule has 128 valence electrons. The fourth-order valence-electron chi connectivity index (χ4n) is 3.17. The standard InChI is InChI=1S/C18H17N3O2S2/c19-14(22)9-10-24-18-20-16-15(12-7-4-8-13(12)25-16)17(23)21(18)11-5-2-1-3-6-11/h1-3,5-6H,4,7-10H2,(H2,19,22). The third-order valence-electron chi connectivity index (χ3n) is 4.30. The molecule has 25 heavy (non-hydrogen) atoms. The van der Waals surface area contributed by atoms with Crippen molar-refractivity contribution in [3.8, 4) is 5.69 Å². The molecule has 0 bridgehead atoms. The Labute approximate surface area is 152 Å². The van der Waals surface area contributed by atoms with Gasteiger partial charge in [-0.1, -0.05) is 30.0 Å². The minimum absolute atomic E-state index is 0.0165. The van der Waals surface area contributed by atoms with Gasteiger partial charge >= 0.3 is 0 Å². The molecule has 0 spiro atoms. The third kappa shape index (κ3) is 2.98. The molecule has 2 N–H and O–H groups in total. The van der Waals surface area contributed by atoms with Gasteiger partial charge in [0.15, 0.2) is 5.16 Å². The van der Waals surface area contributed by atoms with Gasteiger partial charge in [-0.05, 0) is 37.0 Å². The zero-order valence-electron chi connectivity index (χ0n) is 13.5. The molecular formula is C18H17N3O2S2. The summed E-state index contributed by atoms with van der Waals surface area (Å²) < 4.78 is 1.67. The Hall–Kier alpha value is -2.12. The molecule has 4 rings (SSSR count). The number of thioether (sulfide) groups is 1. The van der Waals surface area contributed by atoms with E-state index in [1.807, 2.05) is 30.3 Å². The fraction of sp³-hybridized carbons (Fsp3) is 0.278. The van der Waals surface area contributed by atoms with Crippen molar-refractivity contribution in [2.24, 2.45) is 5.73 Å². The smallest absolute Gasteiger partial charge is 0.267 e. The van der Waals surface area contributed by atoms with Crippen molar-refractivity contribution < 1.29 is 4.79 Å². The Bertz CT molecular complexity index is 1010. The molecule has 1 aromatic carbocycles. The molecule has 0 saturated carbocycles. The summed E-state index contributed by atoms with van der Waals surface area (Å²) in [5.74, 6) is 0.155. The van der Waals surface area contributed by atoms with Gasteiger partial charge in [0.2, 0.25) is 5.91 Å². The van der Waals surface area contributed by atoms with E-state index in [9.17, 15) is 9.59 Å². The van der Waals surface area contributed by atoms with Crippen molar-refractivity contribution in [2.45, 2.75) is 30.8 Å². The number of hydrogen-bond donors (Lipinski definition) is 1. The topological polar surface area (TPSA) is 78.0 Å². The summed E-state index contributed by atoms with van der Waals surface area (Å²) >= 11 is 3.03. The van der Waals surface area contributed by atoms with Gasteiger partial charge in [-0.2, -0.15) is 0 Å². The molecule has 0 atom stereocenters. The largest absolute Gasteiger partial charge is 0.370 e. The lowest BCUT2D eigenvalue weighted by Crippen LogP contribution is -2.22. The minimum Gasteiger partial charge on any atom is -0.370 e. The normalized spacial score (nSPS) is 13.3. The number of aryl methyl sites for hydroxylation is 2. The zero-order chi connectivity index (χ0) is 17.4. The second kappa shape index (κ2) is 6.65. The average molecular weight is 371 g/mol. The summed E-state index contributed by atoms with van der Waals surface area (Å²) in [4.78, 5) is 31.2. The van der Waals surface area contributed by atoms with Crippen LogP contribution in [0.1, 0.15) is 23.3 Å². The highest BCUT2D eigenvalue weighted by Gasteiger charge is 2.23. The predicted molar refractivity (Wildman–Crippen MR) is 102 cm³/mol. The third-order valence-corrected chi connectivity index (χ3v) is 6.43. The number of thiophene rings is 1. The number of carbonyl (C=O) groups is 1. The number of fused-ring (bicyclic) bond motifs is 3. The molecule has 5 nitrogen and oxygen atoms in total. The maximum absolute atomic E-state index is 13.3. The van der Waals surface area contributed by atoms with Crippen LogP contribution >= 0.6 is 23.1 Å². The van der Waals surface area contributed by atoms with Gasteiger partial charge in [0.1, 0.15) is 4.83 Å². The molecule has 0 fully saturated rings. The summed E-state index contributed by atoms with van der Waals surface area (Å²) in [5.41, 5.74) is 7.19. The second-order valence-electron chi connectivity index (χ2n) is 5.97. The van der Waals surface area contributed by atoms with Crippen LogP contribution in [0, 0.1) is 0 Å². The summed E-state index contributed by atoms with van der Waals surface area (Å²) in [6.45, 7) is 0. The Morgan fingerprint density at radius 3 is 2.84 bits per heavy atom. The number of benzene rings is 1. The number of nitrogens with two attached hydrogens (primary N) is 1. The monoisotopic (exact) mass is 371 g/mol. The number of hydrogen-bond acceptors (Lipinski definition) is 5. The molecule has 0 unspecified atom stereocenters. The van der Waals surface area contributed by atoms with Crippen LogP contribution in [0.3, 0.4) is 0 Å². The second-order valence-corrected chi connectivity index (χ2v) is 8.12. The Kier molecular flexibility index (Phi) is 4.35. The molecule has 1 aliphatic rings. The van der Waals surface area contributed by atoms with Crippen LogP contribution in [-0.2, 0) is 17.6 Å². The molecule has 2 aromatic heterocycles. The zero-order valence-corrected chi connectivity index (χ0v) is 15.2. The van der Waals surface area contributed by atoms with Crippen molar-refractivity contribution in [3.63, 3.8) is 0 Å². The van der Waals surface area contributed by atoms with Crippen LogP contribution in [0.25, 0.3) is 15.9 Å². The van der Waals surface area contributed by atoms with E-state index in [-0.39, 0.29) is 17.9 Å². The molecule has 0 saturated heterocycles. The molecule has 0 aliphatic heterocycles. The van der Waals surface area contributed by atoms with Crippen LogP contribution in [0.2, 0.25) is 0 Å². The Morgan fingerprint density at radius 1 is 1.28 bits per heavy atom. The lowest BCUT2D eigenvalue weighted by atomic mass is 10.2. The number of amides is 1. The highest BCUT2D eigenvalue weighted by molar-refractivity contribution is 7.99. The van der Waals surface area contributed by atoms with Crippen molar-refractivity contribution in [3.05, 3.63) is 51.1 Å². The molecule has 1 amide bonds. The number of rotatable bonds is 5. The first-order chi connectivity index (χ1) is 12.1. The van der Waals surface area contributed by atoms with Crippen LogP contribution in [0.15, 0.2) is 40.3 Å². The lowest BCUT2D eigenvalue weighted by Gasteiger charge is -2.12. The van der Waals surface area contributed by atoms with Crippen LogP contribution in [-0.4, -0.2) is 21.2 Å². The number of aromatic nitrogens is 2. The highest BCUT2D eigenvalue weighted by atomic mass is 32.2. The predicted octanol–water partition coefficient (Wildman–Crippen LogP) is 2.90. The van der Waals surface area contributed by atoms with Crippen molar-refractivity contribution in [1.29, 1.82) is 0 Å². The van der Waals surface area contributed by atoms with E-state index in [0.717, 1.165) is 35.2 Å². The van der Waals surface area contributed by atoms with E-state index < -0.39 is 0 Å². The highest BCUT2D eigenvalue weighted by Crippen LogP contribution is 2.36. The minimum atomic E-state index is -0.350. The van der Waals surface area contributed by atoms with E-state index in [2.05, 4.69) is 0 Å². The van der Waals surface area contributed by atoms with E-state index >= 15 is 0 Å². The van der Waals surface area contributed by atoms with Crippen LogP contribution < -0.4 is 11.3 Å². The number of para-hydroxylation sites is 1. The summed E-state index contributed by atoms with van der Waals surface area (Å²) in [5, 5.41) is 1.38. The van der Waals surface area contributed by atoms with E-state index in [4.69, 9.17) is 10.7 Å². The maximum Gasteiger partial charge on any atom is 0.267 e. The van der Waals surface area contributed by atoms with Gasteiger partial charge in [-0.15, -0.1) is 11.3 Å². The Morgan fingerprint density at radius 2 is 2.08 bits per heavy atom. The lowest BCUT2D eigenvalue weighted by molar-refractivity contribution is -0.117. The van der Waals surface area contributed by atoms with Gasteiger partial charge < -0.3 is 5.73 Å². The fourth-order valence-corrected chi connectivity index (χ4v) is 5.44. The first-order valence-corrected chi connectivity index (χ1v) is 9.99. The molecule has 0 radical (unpaired) electrons. The summed E-state index contributed by atoms with van der Waals surface area (Å²) in [7, 11) is 0. The molecular weight excluding hydrogens is 354 g/mol. The molecule has 7 heteroatoms. The number of carbonyl (C=O) groups excluding carboxylic acids is 1. The summed E-state index contributed by atoms with van der Waals surface area (Å²) in [6, 6.07) is 9.53.